The van der Waals surface area contributed by atoms with E-state index in [1.807, 2.05) is 30.3 Å². The smallest absolute Gasteiger partial charge is 0.326 e. The molecule has 1 amide bonds. The van der Waals surface area contributed by atoms with E-state index in [4.69, 9.17) is 0 Å². The molecule has 0 radical (unpaired) electrons. The van der Waals surface area contributed by atoms with E-state index in [1.165, 1.54) is 0 Å². The summed E-state index contributed by atoms with van der Waals surface area (Å²) in [4.78, 5) is 30.7. The summed E-state index contributed by atoms with van der Waals surface area (Å²) in [6.45, 7) is 0. The lowest BCUT2D eigenvalue weighted by molar-refractivity contribution is -0.149. The van der Waals surface area contributed by atoms with Gasteiger partial charge in [0.2, 0.25) is 5.91 Å². The number of pyridine rings is 1. The summed E-state index contributed by atoms with van der Waals surface area (Å²) >= 11 is 0. The molecule has 26 heavy (non-hydrogen) atoms. The van der Waals surface area contributed by atoms with Gasteiger partial charge in [-0.1, -0.05) is 31.0 Å². The lowest BCUT2D eigenvalue weighted by Crippen LogP contribution is -2.46. The fourth-order valence-electron chi connectivity index (χ4n) is 4.78. The molecular weight excluding hydrogens is 328 g/mol. The first-order valence-electron chi connectivity index (χ1n) is 9.52. The Kier molecular flexibility index (Phi) is 4.62. The number of benzene rings is 1. The molecule has 4 rings (SSSR count). The van der Waals surface area contributed by atoms with Crippen LogP contribution in [0.3, 0.4) is 0 Å². The number of aliphatic carboxylic acids is 1. The third-order valence-electron chi connectivity index (χ3n) is 6.01. The largest absolute Gasteiger partial charge is 0.480 e. The average molecular weight is 352 g/mol. The van der Waals surface area contributed by atoms with Crippen molar-refractivity contribution in [2.75, 3.05) is 0 Å². The van der Waals surface area contributed by atoms with Crippen LogP contribution in [0.4, 0.5) is 0 Å². The minimum Gasteiger partial charge on any atom is -0.480 e. The van der Waals surface area contributed by atoms with E-state index in [2.05, 4.69) is 4.98 Å². The summed E-state index contributed by atoms with van der Waals surface area (Å²) in [5.41, 5.74) is 2.02. The molecule has 5 nitrogen and oxygen atoms in total. The first-order valence-corrected chi connectivity index (χ1v) is 9.52. The molecule has 0 spiro atoms. The van der Waals surface area contributed by atoms with E-state index in [1.54, 1.807) is 11.1 Å². The maximum atomic E-state index is 13.0. The number of carboxylic acid groups (broad SMARTS) is 1. The Morgan fingerprint density at radius 2 is 1.96 bits per heavy atom. The van der Waals surface area contributed by atoms with Crippen molar-refractivity contribution in [3.05, 3.63) is 42.1 Å². The summed E-state index contributed by atoms with van der Waals surface area (Å²) in [6, 6.07) is 9.34. The summed E-state index contributed by atoms with van der Waals surface area (Å²) in [6.07, 6.45) is 7.58. The fraction of sp³-hybridized carbons (Fsp3) is 0.476. The third-order valence-corrected chi connectivity index (χ3v) is 6.01. The Hall–Kier alpha value is -2.43. The van der Waals surface area contributed by atoms with Crippen LogP contribution < -0.4 is 0 Å². The van der Waals surface area contributed by atoms with Gasteiger partial charge in [0.05, 0.1) is 5.52 Å². The minimum atomic E-state index is -0.859. The molecule has 2 heterocycles. The summed E-state index contributed by atoms with van der Waals surface area (Å²) < 4.78 is 0. The maximum absolute atomic E-state index is 13.0. The zero-order valence-electron chi connectivity index (χ0n) is 14.8. The first kappa shape index (κ1) is 17.0. The second-order valence-corrected chi connectivity index (χ2v) is 7.49. The molecule has 1 aromatic carbocycles. The van der Waals surface area contributed by atoms with E-state index in [0.717, 1.165) is 42.1 Å². The number of carboxylic acids is 1. The van der Waals surface area contributed by atoms with Gasteiger partial charge in [-0.05, 0) is 49.3 Å². The number of carbonyl (C=O) groups is 2. The number of likely N-dealkylation sites (tertiary alicyclic amines) is 1. The van der Waals surface area contributed by atoms with Crippen molar-refractivity contribution < 1.29 is 14.7 Å². The molecule has 1 saturated heterocycles. The van der Waals surface area contributed by atoms with Crippen LogP contribution in [-0.2, 0) is 16.0 Å². The highest BCUT2D eigenvalue weighted by atomic mass is 16.4. The Bertz CT molecular complexity index is 830. The highest BCUT2D eigenvalue weighted by Gasteiger charge is 2.47. The lowest BCUT2D eigenvalue weighted by Gasteiger charge is -2.33. The lowest BCUT2D eigenvalue weighted by atomic mass is 9.84. The highest BCUT2D eigenvalue weighted by Crippen LogP contribution is 2.40. The normalized spacial score (nSPS) is 25.2. The van der Waals surface area contributed by atoms with Gasteiger partial charge in [0.15, 0.2) is 0 Å². The van der Waals surface area contributed by atoms with E-state index in [0.29, 0.717) is 25.2 Å². The van der Waals surface area contributed by atoms with Crippen molar-refractivity contribution in [3.63, 3.8) is 0 Å². The molecule has 1 saturated carbocycles. The molecule has 3 unspecified atom stereocenters. The number of rotatable bonds is 4. The molecular formula is C21H24N2O3. The number of amides is 1. The van der Waals surface area contributed by atoms with Gasteiger partial charge >= 0.3 is 5.97 Å². The molecule has 2 aliphatic rings. The van der Waals surface area contributed by atoms with Crippen LogP contribution in [-0.4, -0.2) is 39.0 Å². The third kappa shape index (κ3) is 3.06. The van der Waals surface area contributed by atoms with Gasteiger partial charge in [-0.25, -0.2) is 4.79 Å². The number of aryl methyl sites for hydroxylation is 1. The predicted octanol–water partition coefficient (Wildman–Crippen LogP) is 3.41. The van der Waals surface area contributed by atoms with Crippen LogP contribution in [0.5, 0.6) is 0 Å². The molecule has 1 N–H and O–H groups in total. The highest BCUT2D eigenvalue weighted by molar-refractivity contribution is 5.86. The van der Waals surface area contributed by atoms with Crippen molar-refractivity contribution in [3.8, 4) is 0 Å². The van der Waals surface area contributed by atoms with Gasteiger partial charge in [0, 0.05) is 24.0 Å². The van der Waals surface area contributed by atoms with E-state index < -0.39 is 12.0 Å². The molecule has 1 aliphatic heterocycles. The SMILES string of the molecule is O=C(O)C1CC2CCCCC2N1C(=O)CCc1ccnc2ccccc12. The minimum absolute atomic E-state index is 0.0207. The average Bonchev–Trinajstić information content (AvgIpc) is 3.06. The Balaban J connectivity index is 1.52. The molecule has 2 fully saturated rings. The van der Waals surface area contributed by atoms with Crippen LogP contribution in [0.15, 0.2) is 36.5 Å². The van der Waals surface area contributed by atoms with Gasteiger partial charge in [-0.3, -0.25) is 9.78 Å². The second-order valence-electron chi connectivity index (χ2n) is 7.49. The van der Waals surface area contributed by atoms with Crippen LogP contribution in [0.25, 0.3) is 10.9 Å². The van der Waals surface area contributed by atoms with E-state index in [9.17, 15) is 14.7 Å². The van der Waals surface area contributed by atoms with E-state index >= 15 is 0 Å². The maximum Gasteiger partial charge on any atom is 0.326 e. The Labute approximate surface area is 153 Å². The van der Waals surface area contributed by atoms with Gasteiger partial charge in [-0.15, -0.1) is 0 Å². The molecule has 3 atom stereocenters. The van der Waals surface area contributed by atoms with Crippen molar-refractivity contribution in [2.24, 2.45) is 5.92 Å². The van der Waals surface area contributed by atoms with Crippen molar-refractivity contribution in [1.82, 2.24) is 9.88 Å². The van der Waals surface area contributed by atoms with Crippen LogP contribution in [0, 0.1) is 5.92 Å². The van der Waals surface area contributed by atoms with Crippen molar-refractivity contribution >= 4 is 22.8 Å². The molecule has 5 heteroatoms. The van der Waals surface area contributed by atoms with Crippen molar-refractivity contribution in [2.45, 2.75) is 57.0 Å². The number of carbonyl (C=O) groups excluding carboxylic acids is 1. The summed E-state index contributed by atoms with van der Waals surface area (Å²) in [5.74, 6) is -0.523. The number of hydrogen-bond acceptors (Lipinski definition) is 3. The Morgan fingerprint density at radius 3 is 2.81 bits per heavy atom. The van der Waals surface area contributed by atoms with Gasteiger partial charge in [0.25, 0.3) is 0 Å². The quantitative estimate of drug-likeness (QED) is 0.915. The number of fused-ring (bicyclic) bond motifs is 2. The van der Waals surface area contributed by atoms with Crippen LogP contribution in [0.2, 0.25) is 0 Å². The topological polar surface area (TPSA) is 70.5 Å². The zero-order chi connectivity index (χ0) is 18.1. The summed E-state index contributed by atoms with van der Waals surface area (Å²) in [7, 11) is 0. The number of aromatic nitrogens is 1. The number of para-hydroxylation sites is 1. The molecule has 1 aliphatic carbocycles. The van der Waals surface area contributed by atoms with Gasteiger partial charge in [-0.2, -0.15) is 0 Å². The zero-order valence-corrected chi connectivity index (χ0v) is 14.8. The van der Waals surface area contributed by atoms with Gasteiger partial charge < -0.3 is 10.0 Å². The molecule has 136 valence electrons. The fourth-order valence-corrected chi connectivity index (χ4v) is 4.78. The Morgan fingerprint density at radius 1 is 1.15 bits per heavy atom. The van der Waals surface area contributed by atoms with Crippen LogP contribution >= 0.6 is 0 Å². The standard InChI is InChI=1S/C21H24N2O3/c24-20(10-9-14-11-12-22-17-7-3-2-6-16(14)17)23-18-8-4-1-5-15(18)13-19(23)21(25)26/h2-3,6-7,11-12,15,18-19H,1,4-5,8-10,13H2,(H,25,26). The molecule has 2 aromatic rings. The monoisotopic (exact) mass is 352 g/mol. The summed E-state index contributed by atoms with van der Waals surface area (Å²) in [5, 5.41) is 10.7. The molecule has 0 bridgehead atoms. The van der Waals surface area contributed by atoms with Gasteiger partial charge in [0.1, 0.15) is 6.04 Å². The number of nitrogens with zero attached hydrogens (tertiary/aromatic N) is 2. The van der Waals surface area contributed by atoms with Crippen molar-refractivity contribution in [1.29, 1.82) is 0 Å². The second kappa shape index (κ2) is 7.06. The predicted molar refractivity (Wildman–Crippen MR) is 98.7 cm³/mol. The number of hydrogen-bond donors (Lipinski definition) is 1. The van der Waals surface area contributed by atoms with E-state index in [-0.39, 0.29) is 11.9 Å². The molecule has 1 aromatic heterocycles. The van der Waals surface area contributed by atoms with Crippen LogP contribution in [0.1, 0.15) is 44.1 Å². The first-order chi connectivity index (χ1) is 12.6.